The number of hydrogen-bond donors (Lipinski definition) is 2. The van der Waals surface area contributed by atoms with Crippen LogP contribution in [0.2, 0.25) is 0 Å². The van der Waals surface area contributed by atoms with Crippen molar-refractivity contribution < 1.29 is 5.21 Å². The van der Waals surface area contributed by atoms with Gasteiger partial charge in [0.1, 0.15) is 0 Å². The lowest BCUT2D eigenvalue weighted by Gasteiger charge is -2.11. The molecule has 0 spiro atoms. The molecule has 0 aliphatic heterocycles. The normalized spacial score (nSPS) is 20.2. The van der Waals surface area contributed by atoms with Gasteiger partial charge in [-0.3, -0.25) is 0 Å². The maximum absolute atomic E-state index is 8.63. The van der Waals surface area contributed by atoms with Gasteiger partial charge in [0.2, 0.25) is 0 Å². The van der Waals surface area contributed by atoms with Crippen molar-refractivity contribution in [2.24, 2.45) is 5.16 Å². The smallest absolute Gasteiger partial charge is 0.0885 e. The topological polar surface area (TPSA) is 48.4 Å². The minimum Gasteiger partial charge on any atom is -0.411 e. The predicted molar refractivity (Wildman–Crippen MR) is 42.1 cm³/mol. The standard InChI is InChI=1S/C8H10N2O/c11-10-8-3-1-2-7-6(8)4-5-9-7/h4-5,9,11H,1-3H2. The van der Waals surface area contributed by atoms with Crippen LogP contribution in [0.4, 0.5) is 0 Å². The van der Waals surface area contributed by atoms with Gasteiger partial charge < -0.3 is 10.2 Å². The van der Waals surface area contributed by atoms with Crippen LogP contribution in [0.25, 0.3) is 0 Å². The Hall–Kier alpha value is -1.25. The van der Waals surface area contributed by atoms with Crippen LogP contribution in [0.5, 0.6) is 0 Å². The van der Waals surface area contributed by atoms with E-state index in [1.165, 1.54) is 5.69 Å². The summed E-state index contributed by atoms with van der Waals surface area (Å²) in [6.07, 6.45) is 4.93. The zero-order valence-electron chi connectivity index (χ0n) is 6.17. The molecular weight excluding hydrogens is 140 g/mol. The Morgan fingerprint density at radius 1 is 1.45 bits per heavy atom. The Kier molecular flexibility index (Phi) is 1.42. The molecule has 0 bridgehead atoms. The lowest BCUT2D eigenvalue weighted by Crippen LogP contribution is -2.10. The minimum atomic E-state index is 0.812. The number of hydrogen-bond acceptors (Lipinski definition) is 2. The molecule has 3 nitrogen and oxygen atoms in total. The van der Waals surface area contributed by atoms with E-state index < -0.39 is 0 Å². The molecule has 0 fully saturated rings. The number of oxime groups is 1. The second-order valence-corrected chi connectivity index (χ2v) is 2.77. The number of fused-ring (bicyclic) bond motifs is 1. The highest BCUT2D eigenvalue weighted by molar-refractivity contribution is 6.02. The summed E-state index contributed by atoms with van der Waals surface area (Å²) < 4.78 is 0. The lowest BCUT2D eigenvalue weighted by molar-refractivity contribution is 0.317. The van der Waals surface area contributed by atoms with Crippen molar-refractivity contribution in [3.8, 4) is 0 Å². The van der Waals surface area contributed by atoms with Gasteiger partial charge in [-0.2, -0.15) is 0 Å². The van der Waals surface area contributed by atoms with Crippen LogP contribution in [0.3, 0.4) is 0 Å². The first kappa shape index (κ1) is 6.46. The van der Waals surface area contributed by atoms with Gasteiger partial charge in [0.05, 0.1) is 5.71 Å². The molecule has 1 aromatic rings. The average molecular weight is 150 g/mol. The van der Waals surface area contributed by atoms with Gasteiger partial charge >= 0.3 is 0 Å². The number of H-pyrrole nitrogens is 1. The van der Waals surface area contributed by atoms with Crippen molar-refractivity contribution in [2.45, 2.75) is 19.3 Å². The summed E-state index contributed by atoms with van der Waals surface area (Å²) in [4.78, 5) is 3.13. The van der Waals surface area contributed by atoms with E-state index in [4.69, 9.17) is 5.21 Å². The number of aryl methyl sites for hydroxylation is 1. The van der Waals surface area contributed by atoms with Crippen LogP contribution in [0, 0.1) is 0 Å². The van der Waals surface area contributed by atoms with Crippen LogP contribution in [-0.4, -0.2) is 15.9 Å². The molecule has 2 rings (SSSR count). The molecule has 0 amide bonds. The fourth-order valence-corrected chi connectivity index (χ4v) is 1.55. The van der Waals surface area contributed by atoms with Crippen molar-refractivity contribution in [3.63, 3.8) is 0 Å². The van der Waals surface area contributed by atoms with E-state index in [0.717, 1.165) is 30.5 Å². The lowest BCUT2D eigenvalue weighted by atomic mass is 9.96. The number of nitrogens with one attached hydrogen (secondary N) is 1. The molecule has 11 heavy (non-hydrogen) atoms. The third kappa shape index (κ3) is 0.926. The highest BCUT2D eigenvalue weighted by Gasteiger charge is 2.15. The van der Waals surface area contributed by atoms with E-state index in [9.17, 15) is 0 Å². The zero-order valence-corrected chi connectivity index (χ0v) is 6.17. The Bertz CT molecular complexity index is 288. The molecule has 58 valence electrons. The summed E-state index contributed by atoms with van der Waals surface area (Å²) in [5, 5.41) is 11.9. The fourth-order valence-electron chi connectivity index (χ4n) is 1.55. The van der Waals surface area contributed by atoms with Crippen molar-refractivity contribution in [1.29, 1.82) is 0 Å². The van der Waals surface area contributed by atoms with E-state index in [0.29, 0.717) is 0 Å². The van der Waals surface area contributed by atoms with E-state index in [-0.39, 0.29) is 0 Å². The second kappa shape index (κ2) is 2.42. The summed E-state index contributed by atoms with van der Waals surface area (Å²) in [6, 6.07) is 1.96. The van der Waals surface area contributed by atoms with Crippen LogP contribution >= 0.6 is 0 Å². The Balaban J connectivity index is 2.48. The van der Waals surface area contributed by atoms with Gasteiger partial charge in [0.15, 0.2) is 0 Å². The molecule has 1 aliphatic carbocycles. The molecule has 2 N–H and O–H groups in total. The Labute approximate surface area is 64.7 Å². The Morgan fingerprint density at radius 2 is 2.36 bits per heavy atom. The SMILES string of the molecule is ON=C1CCCc2[nH]ccc21. The molecular formula is C8H10N2O. The minimum absolute atomic E-state index is 0.812. The van der Waals surface area contributed by atoms with Gasteiger partial charge in [0.25, 0.3) is 0 Å². The van der Waals surface area contributed by atoms with E-state index in [2.05, 4.69) is 10.1 Å². The molecule has 0 saturated heterocycles. The molecule has 0 atom stereocenters. The van der Waals surface area contributed by atoms with Crippen molar-refractivity contribution >= 4 is 5.71 Å². The quantitative estimate of drug-likeness (QED) is 0.427. The summed E-state index contributed by atoms with van der Waals surface area (Å²) in [7, 11) is 0. The molecule has 0 aromatic carbocycles. The molecule has 0 unspecified atom stereocenters. The highest BCUT2D eigenvalue weighted by Crippen LogP contribution is 2.19. The van der Waals surface area contributed by atoms with Gasteiger partial charge in [-0.1, -0.05) is 5.16 Å². The maximum atomic E-state index is 8.63. The van der Waals surface area contributed by atoms with Crippen LogP contribution < -0.4 is 0 Å². The average Bonchev–Trinajstić information content (AvgIpc) is 2.50. The summed E-state index contributed by atoms with van der Waals surface area (Å²) in [5.41, 5.74) is 3.09. The van der Waals surface area contributed by atoms with Gasteiger partial charge in [-0.25, -0.2) is 0 Å². The first-order valence-corrected chi connectivity index (χ1v) is 3.79. The first-order chi connectivity index (χ1) is 5.42. The second-order valence-electron chi connectivity index (χ2n) is 2.77. The van der Waals surface area contributed by atoms with Crippen LogP contribution in [0.15, 0.2) is 17.4 Å². The third-order valence-electron chi connectivity index (χ3n) is 2.10. The van der Waals surface area contributed by atoms with Crippen LogP contribution in [-0.2, 0) is 6.42 Å². The largest absolute Gasteiger partial charge is 0.411 e. The monoisotopic (exact) mass is 150 g/mol. The summed E-state index contributed by atoms with van der Waals surface area (Å²) in [5.74, 6) is 0. The maximum Gasteiger partial charge on any atom is 0.0885 e. The summed E-state index contributed by atoms with van der Waals surface area (Å²) >= 11 is 0. The van der Waals surface area contributed by atoms with Crippen molar-refractivity contribution in [3.05, 3.63) is 23.5 Å². The number of nitrogens with zero attached hydrogens (tertiary/aromatic N) is 1. The van der Waals surface area contributed by atoms with Crippen LogP contribution in [0.1, 0.15) is 24.1 Å². The van der Waals surface area contributed by atoms with E-state index >= 15 is 0 Å². The van der Waals surface area contributed by atoms with Gasteiger partial charge in [-0.15, -0.1) is 0 Å². The molecule has 3 heteroatoms. The zero-order chi connectivity index (χ0) is 7.68. The Morgan fingerprint density at radius 3 is 3.18 bits per heavy atom. The van der Waals surface area contributed by atoms with E-state index in [1.54, 1.807) is 0 Å². The molecule has 1 aromatic heterocycles. The number of rotatable bonds is 0. The molecule has 0 radical (unpaired) electrons. The van der Waals surface area contributed by atoms with E-state index in [1.807, 2.05) is 12.3 Å². The first-order valence-electron chi connectivity index (χ1n) is 3.79. The number of aromatic nitrogens is 1. The summed E-state index contributed by atoms with van der Waals surface area (Å²) in [6.45, 7) is 0. The fraction of sp³-hybridized carbons (Fsp3) is 0.375. The van der Waals surface area contributed by atoms with Gasteiger partial charge in [0, 0.05) is 17.5 Å². The molecule has 1 heterocycles. The molecule has 0 saturated carbocycles. The van der Waals surface area contributed by atoms with Crippen molar-refractivity contribution in [1.82, 2.24) is 4.98 Å². The third-order valence-corrected chi connectivity index (χ3v) is 2.10. The van der Waals surface area contributed by atoms with Gasteiger partial charge in [-0.05, 0) is 25.3 Å². The number of aromatic amines is 1. The highest BCUT2D eigenvalue weighted by atomic mass is 16.4. The predicted octanol–water partition coefficient (Wildman–Crippen LogP) is 1.53. The molecule has 1 aliphatic rings. The van der Waals surface area contributed by atoms with Crippen molar-refractivity contribution in [2.75, 3.05) is 0 Å².